The Morgan fingerprint density at radius 1 is 1.02 bits per heavy atom. The summed E-state index contributed by atoms with van der Waals surface area (Å²) in [4.78, 5) is 35.2. The van der Waals surface area contributed by atoms with E-state index in [9.17, 15) is 14.7 Å². The number of hydrogen-bond acceptors (Lipinski definition) is 6. The summed E-state index contributed by atoms with van der Waals surface area (Å²) < 4.78 is 7.94. The third-order valence-electron chi connectivity index (χ3n) is 7.27. The molecule has 1 aliphatic rings. The van der Waals surface area contributed by atoms with Gasteiger partial charge in [0.05, 0.1) is 17.3 Å². The van der Waals surface area contributed by atoms with E-state index in [4.69, 9.17) is 4.74 Å². The van der Waals surface area contributed by atoms with Crippen molar-refractivity contribution in [1.29, 1.82) is 0 Å². The molecular weight excluding hydrogens is 504 g/mol. The first-order valence-corrected chi connectivity index (χ1v) is 13.4. The number of nitrogens with zero attached hydrogens (tertiary/aromatic N) is 4. The number of carbonyl (C=O) groups excluding carboxylic acids is 2. The monoisotopic (exact) mass is 538 g/mol. The number of ketones is 1. The fourth-order valence-electron chi connectivity index (χ4n) is 5.20. The van der Waals surface area contributed by atoms with Crippen molar-refractivity contribution in [1.82, 2.24) is 19.2 Å². The summed E-state index contributed by atoms with van der Waals surface area (Å²) >= 11 is 0. The van der Waals surface area contributed by atoms with Crippen molar-refractivity contribution in [3.8, 4) is 5.75 Å². The van der Waals surface area contributed by atoms with E-state index < -0.39 is 17.7 Å². The number of carbonyl (C=O) groups is 2. The maximum Gasteiger partial charge on any atom is 0.295 e. The summed E-state index contributed by atoms with van der Waals surface area (Å²) in [6.07, 6.45) is 2.54. The van der Waals surface area contributed by atoms with Gasteiger partial charge >= 0.3 is 0 Å². The number of fused-ring (bicyclic) bond motifs is 1. The Morgan fingerprint density at radius 2 is 1.80 bits per heavy atom. The quantitative estimate of drug-likeness (QED) is 0.185. The summed E-state index contributed by atoms with van der Waals surface area (Å²) in [5, 5.41) is 11.6. The number of ether oxygens (including phenoxy) is 1. The lowest BCUT2D eigenvalue weighted by Crippen LogP contribution is -2.32. The van der Waals surface area contributed by atoms with Gasteiger partial charge in [-0.05, 0) is 75.8 Å². The van der Waals surface area contributed by atoms with Gasteiger partial charge in [-0.25, -0.2) is 4.98 Å². The molecule has 1 aliphatic heterocycles. The molecule has 0 saturated carbocycles. The molecule has 0 aliphatic carbocycles. The first-order valence-electron chi connectivity index (χ1n) is 13.4. The largest absolute Gasteiger partial charge is 0.505 e. The Hall–Kier alpha value is -4.43. The minimum Gasteiger partial charge on any atom is -0.505 e. The molecule has 8 heteroatoms. The molecule has 1 atom stereocenters. The number of pyridine rings is 1. The van der Waals surface area contributed by atoms with E-state index >= 15 is 0 Å². The lowest BCUT2D eigenvalue weighted by atomic mass is 9.96. The highest BCUT2D eigenvalue weighted by Gasteiger charge is 2.46. The Labute approximate surface area is 234 Å². The fourth-order valence-corrected chi connectivity index (χ4v) is 5.20. The van der Waals surface area contributed by atoms with Crippen LogP contribution >= 0.6 is 0 Å². The molecule has 1 amide bonds. The van der Waals surface area contributed by atoms with E-state index in [1.54, 1.807) is 4.90 Å². The number of Topliss-reactive ketones (excluding diaryl/α,β-unsaturated/α-hetero) is 1. The van der Waals surface area contributed by atoms with Crippen LogP contribution in [0.5, 0.6) is 5.75 Å². The van der Waals surface area contributed by atoms with Crippen LogP contribution in [0.3, 0.4) is 0 Å². The predicted octanol–water partition coefficient (Wildman–Crippen LogP) is 4.90. The molecule has 3 heterocycles. The number of hydrogen-bond donors (Lipinski definition) is 1. The molecule has 40 heavy (non-hydrogen) atoms. The summed E-state index contributed by atoms with van der Waals surface area (Å²) in [5.74, 6) is -0.996. The van der Waals surface area contributed by atoms with Crippen molar-refractivity contribution < 1.29 is 19.4 Å². The van der Waals surface area contributed by atoms with Gasteiger partial charge in [0.1, 0.15) is 23.7 Å². The van der Waals surface area contributed by atoms with Gasteiger partial charge in [0, 0.05) is 12.7 Å². The van der Waals surface area contributed by atoms with Crippen molar-refractivity contribution in [2.45, 2.75) is 32.9 Å². The van der Waals surface area contributed by atoms with E-state index in [1.165, 1.54) is 0 Å². The molecule has 206 valence electrons. The lowest BCUT2D eigenvalue weighted by Gasteiger charge is -2.26. The maximum atomic E-state index is 13.5. The normalized spacial score (nSPS) is 16.8. The molecule has 1 saturated heterocycles. The Bertz CT molecular complexity index is 1590. The fraction of sp³-hybridized carbons (Fsp3) is 0.281. The molecule has 1 N–H and O–H groups in total. The SMILES string of the molecule is Cc1cccn2c(C)c(/C(O)=C3\C(=O)C(=O)N(CCCN(C)C)C3c3cccc(OCc4ccccc4)c3)nc12. The number of rotatable bonds is 9. The van der Waals surface area contributed by atoms with Crippen molar-refractivity contribution in [3.05, 3.63) is 107 Å². The first kappa shape index (κ1) is 27.1. The third kappa shape index (κ3) is 5.22. The Balaban J connectivity index is 1.58. The molecule has 0 radical (unpaired) electrons. The standard InChI is InChI=1S/C32H34N4O4/c1-21-11-9-17-35-22(2)27(33-31(21)35)29(37)26-28(36(32(39)30(26)38)18-10-16-34(3)4)24-14-8-15-25(19-24)40-20-23-12-6-5-7-13-23/h5-9,11-15,17,19,28,37H,10,16,18,20H2,1-4H3/b29-26+. The van der Waals surface area contributed by atoms with Crippen LogP contribution in [0.2, 0.25) is 0 Å². The Kier molecular flexibility index (Phi) is 7.71. The molecule has 1 fully saturated rings. The van der Waals surface area contributed by atoms with Gasteiger partial charge in [-0.1, -0.05) is 48.5 Å². The highest BCUT2D eigenvalue weighted by molar-refractivity contribution is 6.46. The van der Waals surface area contributed by atoms with Gasteiger partial charge in [0.2, 0.25) is 0 Å². The van der Waals surface area contributed by atoms with Gasteiger partial charge in [0.25, 0.3) is 11.7 Å². The van der Waals surface area contributed by atoms with Crippen LogP contribution in [0.15, 0.2) is 78.5 Å². The summed E-state index contributed by atoms with van der Waals surface area (Å²) in [7, 11) is 3.93. The van der Waals surface area contributed by atoms with E-state index in [0.717, 1.165) is 17.7 Å². The number of aliphatic hydroxyl groups excluding tert-OH is 1. The summed E-state index contributed by atoms with van der Waals surface area (Å²) in [6, 6.07) is 20.3. The molecule has 2 aromatic heterocycles. The second-order valence-electron chi connectivity index (χ2n) is 10.4. The maximum absolute atomic E-state index is 13.5. The average molecular weight is 539 g/mol. The topological polar surface area (TPSA) is 87.4 Å². The van der Waals surface area contributed by atoms with Crippen LogP contribution in [-0.4, -0.2) is 63.2 Å². The number of imidazole rings is 1. The molecule has 5 rings (SSSR count). The number of aliphatic hydroxyl groups is 1. The molecule has 0 spiro atoms. The number of amides is 1. The van der Waals surface area contributed by atoms with Crippen LogP contribution in [0.1, 0.15) is 40.5 Å². The first-order chi connectivity index (χ1) is 19.3. The van der Waals surface area contributed by atoms with Gasteiger partial charge in [0.15, 0.2) is 5.76 Å². The summed E-state index contributed by atoms with van der Waals surface area (Å²) in [6.45, 7) is 5.28. The van der Waals surface area contributed by atoms with Crippen LogP contribution in [0.4, 0.5) is 0 Å². The average Bonchev–Trinajstić information content (AvgIpc) is 3.42. The zero-order chi connectivity index (χ0) is 28.4. The molecular formula is C32H34N4O4. The van der Waals surface area contributed by atoms with Gasteiger partial charge in [-0.15, -0.1) is 0 Å². The lowest BCUT2D eigenvalue weighted by molar-refractivity contribution is -0.139. The van der Waals surface area contributed by atoms with E-state index in [-0.39, 0.29) is 11.3 Å². The smallest absolute Gasteiger partial charge is 0.295 e. The van der Waals surface area contributed by atoms with Gasteiger partial charge in [-0.2, -0.15) is 0 Å². The molecule has 2 aromatic carbocycles. The zero-order valence-corrected chi connectivity index (χ0v) is 23.3. The van der Waals surface area contributed by atoms with Crippen LogP contribution in [0.25, 0.3) is 11.4 Å². The molecule has 1 unspecified atom stereocenters. The van der Waals surface area contributed by atoms with Crippen molar-refractivity contribution in [3.63, 3.8) is 0 Å². The van der Waals surface area contributed by atoms with Crippen molar-refractivity contribution in [2.24, 2.45) is 0 Å². The van der Waals surface area contributed by atoms with Crippen molar-refractivity contribution >= 4 is 23.1 Å². The predicted molar refractivity (Wildman–Crippen MR) is 154 cm³/mol. The number of aryl methyl sites for hydroxylation is 2. The van der Waals surface area contributed by atoms with Gasteiger partial charge < -0.3 is 24.0 Å². The minimum absolute atomic E-state index is 0.0409. The van der Waals surface area contributed by atoms with Crippen LogP contribution in [-0.2, 0) is 16.2 Å². The molecule has 8 nitrogen and oxygen atoms in total. The zero-order valence-electron chi connectivity index (χ0n) is 23.3. The summed E-state index contributed by atoms with van der Waals surface area (Å²) in [5.41, 5.74) is 4.37. The number of benzene rings is 2. The third-order valence-corrected chi connectivity index (χ3v) is 7.27. The molecule has 4 aromatic rings. The van der Waals surface area contributed by atoms with Crippen LogP contribution < -0.4 is 4.74 Å². The van der Waals surface area contributed by atoms with Crippen LogP contribution in [0, 0.1) is 13.8 Å². The highest BCUT2D eigenvalue weighted by atomic mass is 16.5. The van der Waals surface area contributed by atoms with Gasteiger partial charge in [-0.3, -0.25) is 9.59 Å². The number of aromatic nitrogens is 2. The minimum atomic E-state index is -0.771. The van der Waals surface area contributed by atoms with E-state index in [2.05, 4.69) is 4.98 Å². The highest BCUT2D eigenvalue weighted by Crippen LogP contribution is 2.40. The number of likely N-dealkylation sites (tertiary alicyclic amines) is 1. The van der Waals surface area contributed by atoms with E-state index in [0.29, 0.717) is 47.9 Å². The second kappa shape index (κ2) is 11.4. The van der Waals surface area contributed by atoms with Crippen molar-refractivity contribution in [2.75, 3.05) is 27.2 Å². The Morgan fingerprint density at radius 3 is 2.52 bits per heavy atom. The second-order valence-corrected chi connectivity index (χ2v) is 10.4. The van der Waals surface area contributed by atoms with E-state index in [1.807, 2.05) is 110 Å². The molecule has 0 bridgehead atoms.